The summed E-state index contributed by atoms with van der Waals surface area (Å²) in [6, 6.07) is 4.59. The van der Waals surface area contributed by atoms with Crippen LogP contribution in [0, 0.1) is 5.92 Å². The number of nitrogens with zero attached hydrogens (tertiary/aromatic N) is 1. The highest BCUT2D eigenvalue weighted by Gasteiger charge is 2.25. The predicted molar refractivity (Wildman–Crippen MR) is 103 cm³/mol. The molecule has 0 fully saturated rings. The van der Waals surface area contributed by atoms with Crippen molar-refractivity contribution in [1.82, 2.24) is 10.3 Å². The first-order valence-corrected chi connectivity index (χ1v) is 9.46. The Labute approximate surface area is 162 Å². The number of amides is 1. The van der Waals surface area contributed by atoms with Crippen molar-refractivity contribution in [2.24, 2.45) is 5.92 Å². The van der Waals surface area contributed by atoms with Crippen LogP contribution in [0.2, 0.25) is 0 Å². The number of carboxylic acids is 1. The van der Waals surface area contributed by atoms with Crippen LogP contribution in [0.3, 0.4) is 0 Å². The van der Waals surface area contributed by atoms with Gasteiger partial charge in [0.05, 0.1) is 26.3 Å². The van der Waals surface area contributed by atoms with Gasteiger partial charge in [0, 0.05) is 10.9 Å². The molecule has 0 spiro atoms. The highest BCUT2D eigenvalue weighted by Crippen LogP contribution is 2.33. The fourth-order valence-corrected chi connectivity index (χ4v) is 3.38. The van der Waals surface area contributed by atoms with Gasteiger partial charge in [-0.2, -0.15) is 0 Å². The lowest BCUT2D eigenvalue weighted by atomic mass is 9.99. The number of benzene rings is 1. The minimum atomic E-state index is -1.03. The Hall–Kier alpha value is -2.61. The number of aliphatic carboxylic acids is 1. The molecule has 0 aliphatic heterocycles. The topological polar surface area (TPSA) is 97.8 Å². The number of carbonyl (C=O) groups excluding carboxylic acids is 1. The SMILES string of the molecule is CC[C@H](C)[C@H](NC(=O)Cc1csc(-c2ccc(OC)c(OC)c2)n1)C(=O)O. The van der Waals surface area contributed by atoms with Gasteiger partial charge in [-0.3, -0.25) is 4.79 Å². The summed E-state index contributed by atoms with van der Waals surface area (Å²) in [5.41, 5.74) is 1.45. The molecule has 146 valence electrons. The van der Waals surface area contributed by atoms with Gasteiger partial charge in [-0.15, -0.1) is 11.3 Å². The Morgan fingerprint density at radius 2 is 1.96 bits per heavy atom. The van der Waals surface area contributed by atoms with Crippen molar-refractivity contribution >= 4 is 23.2 Å². The number of nitrogens with one attached hydrogen (secondary N) is 1. The van der Waals surface area contributed by atoms with Gasteiger partial charge in [-0.05, 0) is 24.1 Å². The zero-order valence-electron chi connectivity index (χ0n) is 15.8. The van der Waals surface area contributed by atoms with Crippen LogP contribution < -0.4 is 14.8 Å². The maximum Gasteiger partial charge on any atom is 0.326 e. The van der Waals surface area contributed by atoms with Gasteiger partial charge in [0.25, 0.3) is 0 Å². The number of aromatic nitrogens is 1. The smallest absolute Gasteiger partial charge is 0.326 e. The molecule has 0 saturated carbocycles. The molecule has 0 radical (unpaired) electrons. The summed E-state index contributed by atoms with van der Waals surface area (Å²) in [6.07, 6.45) is 0.696. The van der Waals surface area contributed by atoms with Crippen LogP contribution in [-0.4, -0.2) is 42.2 Å². The summed E-state index contributed by atoms with van der Waals surface area (Å²) in [4.78, 5) is 28.1. The summed E-state index contributed by atoms with van der Waals surface area (Å²) in [6.45, 7) is 3.69. The van der Waals surface area contributed by atoms with Crippen LogP contribution in [-0.2, 0) is 16.0 Å². The minimum Gasteiger partial charge on any atom is -0.493 e. The van der Waals surface area contributed by atoms with Crippen LogP contribution in [0.5, 0.6) is 11.5 Å². The van der Waals surface area contributed by atoms with Crippen molar-refractivity contribution in [1.29, 1.82) is 0 Å². The molecule has 2 N–H and O–H groups in total. The largest absolute Gasteiger partial charge is 0.493 e. The molecule has 1 amide bonds. The van der Waals surface area contributed by atoms with E-state index in [9.17, 15) is 14.7 Å². The first-order valence-electron chi connectivity index (χ1n) is 8.58. The van der Waals surface area contributed by atoms with E-state index in [0.29, 0.717) is 23.6 Å². The minimum absolute atomic E-state index is 0.0317. The van der Waals surface area contributed by atoms with Crippen molar-refractivity contribution in [3.8, 4) is 22.1 Å². The molecule has 8 heteroatoms. The summed E-state index contributed by atoms with van der Waals surface area (Å²) in [7, 11) is 3.14. The van der Waals surface area contributed by atoms with Crippen LogP contribution >= 0.6 is 11.3 Å². The number of hydrogen-bond acceptors (Lipinski definition) is 6. The maximum absolute atomic E-state index is 12.2. The average Bonchev–Trinajstić information content (AvgIpc) is 3.12. The Morgan fingerprint density at radius 3 is 2.56 bits per heavy atom. The summed E-state index contributed by atoms with van der Waals surface area (Å²) in [5.74, 6) is -0.303. The molecule has 0 aliphatic carbocycles. The van der Waals surface area contributed by atoms with E-state index >= 15 is 0 Å². The number of hydrogen-bond donors (Lipinski definition) is 2. The summed E-state index contributed by atoms with van der Waals surface area (Å²) >= 11 is 1.41. The first kappa shape index (κ1) is 20.7. The molecule has 1 heterocycles. The van der Waals surface area contributed by atoms with Gasteiger partial charge in [0.15, 0.2) is 11.5 Å². The third-order valence-electron chi connectivity index (χ3n) is 4.32. The van der Waals surface area contributed by atoms with Gasteiger partial charge in [-0.25, -0.2) is 9.78 Å². The van der Waals surface area contributed by atoms with E-state index in [0.717, 1.165) is 10.6 Å². The van der Waals surface area contributed by atoms with Crippen LogP contribution in [0.4, 0.5) is 0 Å². The second-order valence-electron chi connectivity index (χ2n) is 6.16. The van der Waals surface area contributed by atoms with Gasteiger partial charge in [0.2, 0.25) is 5.91 Å². The van der Waals surface area contributed by atoms with Crippen LogP contribution in [0.25, 0.3) is 10.6 Å². The molecule has 27 heavy (non-hydrogen) atoms. The lowest BCUT2D eigenvalue weighted by Crippen LogP contribution is -2.45. The number of thiazole rings is 1. The number of carboxylic acid groups (broad SMARTS) is 1. The van der Waals surface area contributed by atoms with Crippen molar-refractivity contribution in [2.45, 2.75) is 32.7 Å². The lowest BCUT2D eigenvalue weighted by molar-refractivity contribution is -0.143. The molecule has 2 atom stereocenters. The number of methoxy groups -OCH3 is 2. The molecule has 1 aromatic carbocycles. The standard InChI is InChI=1S/C19H24N2O5S/c1-5-11(2)17(19(23)24)21-16(22)9-13-10-27-18(20-13)12-6-7-14(25-3)15(8-12)26-4/h6-8,10-11,17H,5,9H2,1-4H3,(H,21,22)(H,23,24)/t11-,17-/m0/s1. The fraction of sp³-hybridized carbons (Fsp3) is 0.421. The molecule has 2 aromatic rings. The molecule has 0 aliphatic rings. The third kappa shape index (κ3) is 5.19. The predicted octanol–water partition coefficient (Wildman–Crippen LogP) is 2.99. The Balaban J connectivity index is 2.09. The number of rotatable bonds is 9. The Kier molecular flexibility index (Phi) is 7.18. The van der Waals surface area contributed by atoms with Gasteiger partial charge in [-0.1, -0.05) is 20.3 Å². The zero-order chi connectivity index (χ0) is 20.0. The monoisotopic (exact) mass is 392 g/mol. The molecule has 7 nitrogen and oxygen atoms in total. The van der Waals surface area contributed by atoms with Crippen molar-refractivity contribution in [3.05, 3.63) is 29.3 Å². The van der Waals surface area contributed by atoms with E-state index in [4.69, 9.17) is 9.47 Å². The van der Waals surface area contributed by atoms with Gasteiger partial charge >= 0.3 is 5.97 Å². The van der Waals surface area contributed by atoms with E-state index in [1.165, 1.54) is 11.3 Å². The Morgan fingerprint density at radius 1 is 1.26 bits per heavy atom. The maximum atomic E-state index is 12.2. The molecule has 0 bridgehead atoms. The second-order valence-corrected chi connectivity index (χ2v) is 7.02. The first-order chi connectivity index (χ1) is 12.9. The van der Waals surface area contributed by atoms with Crippen molar-refractivity contribution in [3.63, 3.8) is 0 Å². The normalized spacial score (nSPS) is 12.9. The fourth-order valence-electron chi connectivity index (χ4n) is 2.56. The molecule has 0 unspecified atom stereocenters. The average molecular weight is 392 g/mol. The third-order valence-corrected chi connectivity index (χ3v) is 5.26. The molecule has 0 saturated heterocycles. The van der Waals surface area contributed by atoms with Gasteiger partial charge in [0.1, 0.15) is 11.0 Å². The molecule has 2 rings (SSSR count). The lowest BCUT2D eigenvalue weighted by Gasteiger charge is -2.19. The van der Waals surface area contributed by atoms with E-state index in [-0.39, 0.29) is 18.2 Å². The van der Waals surface area contributed by atoms with E-state index < -0.39 is 12.0 Å². The molecular weight excluding hydrogens is 368 g/mol. The molecular formula is C19H24N2O5S. The second kappa shape index (κ2) is 9.36. The van der Waals surface area contributed by atoms with Crippen molar-refractivity contribution in [2.75, 3.05) is 14.2 Å². The number of carbonyl (C=O) groups is 2. The van der Waals surface area contributed by atoms with Gasteiger partial charge < -0.3 is 19.9 Å². The summed E-state index contributed by atoms with van der Waals surface area (Å²) in [5, 5.41) is 14.4. The highest BCUT2D eigenvalue weighted by atomic mass is 32.1. The van der Waals surface area contributed by atoms with Crippen LogP contribution in [0.15, 0.2) is 23.6 Å². The Bertz CT molecular complexity index is 805. The van der Waals surface area contributed by atoms with E-state index in [2.05, 4.69) is 10.3 Å². The quantitative estimate of drug-likeness (QED) is 0.681. The van der Waals surface area contributed by atoms with E-state index in [1.54, 1.807) is 32.6 Å². The summed E-state index contributed by atoms with van der Waals surface area (Å²) < 4.78 is 10.5. The van der Waals surface area contributed by atoms with Crippen molar-refractivity contribution < 1.29 is 24.2 Å². The molecule has 1 aromatic heterocycles. The number of ether oxygens (including phenoxy) is 2. The van der Waals surface area contributed by atoms with E-state index in [1.807, 2.05) is 19.1 Å². The van der Waals surface area contributed by atoms with Crippen LogP contribution in [0.1, 0.15) is 26.0 Å². The zero-order valence-corrected chi connectivity index (χ0v) is 16.6. The highest BCUT2D eigenvalue weighted by molar-refractivity contribution is 7.13.